The molecule has 0 aliphatic carbocycles. The number of hydrogen-bond acceptors (Lipinski definition) is 2. The van der Waals surface area contributed by atoms with Crippen LogP contribution < -0.4 is 5.32 Å². The fourth-order valence-electron chi connectivity index (χ4n) is 3.38. The fourth-order valence-corrected chi connectivity index (χ4v) is 3.38. The van der Waals surface area contributed by atoms with Gasteiger partial charge in [0.25, 0.3) is 5.91 Å². The Morgan fingerprint density at radius 2 is 1.64 bits per heavy atom. The first-order chi connectivity index (χ1) is 13.7. The number of nitrogens with zero attached hydrogens (tertiary/aromatic N) is 3. The van der Waals surface area contributed by atoms with E-state index >= 15 is 0 Å². The van der Waals surface area contributed by atoms with Crippen molar-refractivity contribution in [1.29, 1.82) is 0 Å². The van der Waals surface area contributed by atoms with E-state index in [0.717, 1.165) is 29.2 Å². The van der Waals surface area contributed by atoms with Crippen LogP contribution in [0.25, 0.3) is 11.5 Å². The molecule has 140 valence electrons. The second kappa shape index (κ2) is 7.56. The average Bonchev–Trinajstić information content (AvgIpc) is 3.36. The minimum absolute atomic E-state index is 0.163. The van der Waals surface area contributed by atoms with Crippen LogP contribution in [0.5, 0.6) is 0 Å². The lowest BCUT2D eigenvalue weighted by atomic mass is 10.1. The normalized spacial score (nSPS) is 10.8. The van der Waals surface area contributed by atoms with Crippen LogP contribution in [0.1, 0.15) is 28.5 Å². The lowest BCUT2D eigenvalue weighted by Gasteiger charge is -2.13. The second-order valence-electron chi connectivity index (χ2n) is 6.59. The van der Waals surface area contributed by atoms with Gasteiger partial charge in [0.05, 0.1) is 11.4 Å². The predicted octanol–water partition coefficient (Wildman–Crippen LogP) is 4.79. The molecule has 28 heavy (non-hydrogen) atoms. The Morgan fingerprint density at radius 3 is 2.36 bits per heavy atom. The van der Waals surface area contributed by atoms with E-state index in [0.29, 0.717) is 11.3 Å². The van der Waals surface area contributed by atoms with E-state index < -0.39 is 0 Å². The summed E-state index contributed by atoms with van der Waals surface area (Å²) in [5, 5.41) is 7.76. The molecule has 0 saturated carbocycles. The predicted molar refractivity (Wildman–Crippen MR) is 111 cm³/mol. The largest absolute Gasteiger partial charge is 0.322 e. The molecule has 5 nitrogen and oxygen atoms in total. The Balaban J connectivity index is 1.83. The summed E-state index contributed by atoms with van der Waals surface area (Å²) in [6, 6.07) is 21.6. The highest BCUT2D eigenvalue weighted by Crippen LogP contribution is 2.25. The molecule has 1 amide bonds. The van der Waals surface area contributed by atoms with Gasteiger partial charge in [-0.2, -0.15) is 5.10 Å². The summed E-state index contributed by atoms with van der Waals surface area (Å²) in [6.45, 7) is 3.95. The Labute approximate surface area is 164 Å². The highest BCUT2D eigenvalue weighted by molar-refractivity contribution is 6.07. The van der Waals surface area contributed by atoms with E-state index in [2.05, 4.69) is 17.3 Å². The molecule has 0 radical (unpaired) electrons. The van der Waals surface area contributed by atoms with E-state index in [1.54, 1.807) is 0 Å². The summed E-state index contributed by atoms with van der Waals surface area (Å²) in [4.78, 5) is 13.3. The van der Waals surface area contributed by atoms with Gasteiger partial charge in [-0.1, -0.05) is 43.3 Å². The van der Waals surface area contributed by atoms with E-state index in [1.807, 2.05) is 95.3 Å². The molecule has 2 heterocycles. The van der Waals surface area contributed by atoms with Crippen molar-refractivity contribution < 1.29 is 4.79 Å². The molecule has 4 rings (SSSR count). The molecule has 0 spiro atoms. The van der Waals surface area contributed by atoms with Gasteiger partial charge in [-0.15, -0.1) is 0 Å². The average molecular weight is 370 g/mol. The maximum absolute atomic E-state index is 13.3. The molecule has 4 aromatic rings. The first-order valence-electron chi connectivity index (χ1n) is 9.36. The van der Waals surface area contributed by atoms with E-state index in [-0.39, 0.29) is 5.91 Å². The summed E-state index contributed by atoms with van der Waals surface area (Å²) in [5.41, 5.74) is 4.08. The van der Waals surface area contributed by atoms with Gasteiger partial charge < -0.3 is 9.88 Å². The fraction of sp³-hybridized carbons (Fsp3) is 0.130. The van der Waals surface area contributed by atoms with Gasteiger partial charge in [0.2, 0.25) is 0 Å². The highest BCUT2D eigenvalue weighted by Gasteiger charge is 2.24. The van der Waals surface area contributed by atoms with Crippen molar-refractivity contribution in [2.45, 2.75) is 20.3 Å². The van der Waals surface area contributed by atoms with E-state index in [4.69, 9.17) is 0 Å². The molecule has 0 saturated heterocycles. The van der Waals surface area contributed by atoms with Gasteiger partial charge in [-0.3, -0.25) is 4.79 Å². The Hall–Kier alpha value is -3.60. The number of anilines is 1. The number of aromatic nitrogens is 3. The Kier molecular flexibility index (Phi) is 4.81. The number of carbonyl (C=O) groups is 1. The minimum Gasteiger partial charge on any atom is -0.322 e. The molecule has 2 aromatic carbocycles. The summed E-state index contributed by atoms with van der Waals surface area (Å²) in [6.07, 6.45) is 4.70. The van der Waals surface area contributed by atoms with Crippen molar-refractivity contribution in [3.63, 3.8) is 0 Å². The van der Waals surface area contributed by atoms with Crippen LogP contribution in [0.2, 0.25) is 0 Å². The Bertz CT molecular complexity index is 1100. The summed E-state index contributed by atoms with van der Waals surface area (Å²) in [5.74, 6) is 0.560. The van der Waals surface area contributed by atoms with Crippen LogP contribution >= 0.6 is 0 Å². The number of amides is 1. The van der Waals surface area contributed by atoms with Gasteiger partial charge in [-0.25, -0.2) is 4.68 Å². The first-order valence-corrected chi connectivity index (χ1v) is 9.36. The van der Waals surface area contributed by atoms with Crippen LogP contribution in [-0.4, -0.2) is 20.3 Å². The van der Waals surface area contributed by atoms with Crippen LogP contribution in [0, 0.1) is 6.92 Å². The van der Waals surface area contributed by atoms with Crippen molar-refractivity contribution in [2.24, 2.45) is 0 Å². The molecular weight excluding hydrogens is 348 g/mol. The van der Waals surface area contributed by atoms with Gasteiger partial charge in [-0.05, 0) is 49.2 Å². The van der Waals surface area contributed by atoms with Crippen LogP contribution in [0.4, 0.5) is 5.69 Å². The summed E-state index contributed by atoms with van der Waals surface area (Å²) >= 11 is 0. The third-order valence-corrected chi connectivity index (χ3v) is 4.76. The highest BCUT2D eigenvalue weighted by atomic mass is 16.1. The van der Waals surface area contributed by atoms with Crippen molar-refractivity contribution in [3.05, 3.63) is 95.9 Å². The number of nitrogens with one attached hydrogen (secondary N) is 1. The molecular formula is C23H22N4O. The molecule has 0 atom stereocenters. The number of carbonyl (C=O) groups excluding carboxylic acids is 1. The van der Waals surface area contributed by atoms with Crippen molar-refractivity contribution >= 4 is 11.6 Å². The third-order valence-electron chi connectivity index (χ3n) is 4.76. The zero-order valence-electron chi connectivity index (χ0n) is 16.0. The molecule has 1 N–H and O–H groups in total. The van der Waals surface area contributed by atoms with Crippen molar-refractivity contribution in [1.82, 2.24) is 14.3 Å². The van der Waals surface area contributed by atoms with Crippen LogP contribution in [-0.2, 0) is 6.42 Å². The van der Waals surface area contributed by atoms with Crippen molar-refractivity contribution in [3.8, 4) is 11.5 Å². The maximum Gasteiger partial charge on any atom is 0.261 e. The lowest BCUT2D eigenvalue weighted by molar-refractivity contribution is 0.102. The minimum atomic E-state index is -0.163. The molecule has 2 aromatic heterocycles. The summed E-state index contributed by atoms with van der Waals surface area (Å²) in [7, 11) is 0. The number of rotatable bonds is 5. The molecule has 0 fully saturated rings. The van der Waals surface area contributed by atoms with E-state index in [1.165, 1.54) is 0 Å². The quantitative estimate of drug-likeness (QED) is 0.549. The van der Waals surface area contributed by atoms with Gasteiger partial charge in [0.1, 0.15) is 5.56 Å². The molecule has 0 bridgehead atoms. The van der Waals surface area contributed by atoms with E-state index in [9.17, 15) is 4.79 Å². The zero-order valence-corrected chi connectivity index (χ0v) is 16.0. The SMILES string of the molecule is CCc1ccccc1NC(=O)c1c(C)nn(-c2ccccc2)c1-n1cccc1. The third kappa shape index (κ3) is 3.22. The number of aryl methyl sites for hydroxylation is 2. The number of para-hydroxylation sites is 2. The zero-order chi connectivity index (χ0) is 19.5. The second-order valence-corrected chi connectivity index (χ2v) is 6.59. The van der Waals surface area contributed by atoms with Crippen molar-refractivity contribution in [2.75, 3.05) is 5.32 Å². The lowest BCUT2D eigenvalue weighted by Crippen LogP contribution is -2.17. The maximum atomic E-state index is 13.3. The van der Waals surface area contributed by atoms with Gasteiger partial charge in [0.15, 0.2) is 5.82 Å². The molecule has 0 aliphatic heterocycles. The van der Waals surface area contributed by atoms with Gasteiger partial charge >= 0.3 is 0 Å². The molecule has 0 aliphatic rings. The van der Waals surface area contributed by atoms with Crippen LogP contribution in [0.3, 0.4) is 0 Å². The smallest absolute Gasteiger partial charge is 0.261 e. The number of benzene rings is 2. The van der Waals surface area contributed by atoms with Crippen LogP contribution in [0.15, 0.2) is 79.1 Å². The van der Waals surface area contributed by atoms with Gasteiger partial charge in [0, 0.05) is 18.1 Å². The topological polar surface area (TPSA) is 51.9 Å². The number of hydrogen-bond donors (Lipinski definition) is 1. The first kappa shape index (κ1) is 17.8. The Morgan fingerprint density at radius 1 is 0.964 bits per heavy atom. The summed E-state index contributed by atoms with van der Waals surface area (Å²) < 4.78 is 3.74. The molecule has 0 unspecified atom stereocenters. The monoisotopic (exact) mass is 370 g/mol. The standard InChI is InChI=1S/C23H22N4O/c1-3-18-11-7-8-14-20(18)24-22(28)21-17(2)25-27(19-12-5-4-6-13-19)23(21)26-15-9-10-16-26/h4-16H,3H2,1-2H3,(H,24,28). The molecule has 5 heteroatoms.